The average Bonchev–Trinajstić information content (AvgIpc) is 3.04. The molecule has 4 heterocycles. The quantitative estimate of drug-likeness (QED) is 0.724. The van der Waals surface area contributed by atoms with E-state index >= 15 is 0 Å². The number of anilines is 1. The molecule has 1 fully saturated rings. The molecule has 0 unspecified atom stereocenters. The normalized spacial score (nSPS) is 16.2. The molecule has 8 nitrogen and oxygen atoms in total. The monoisotopic (exact) mass is 395 g/mol. The Morgan fingerprint density at radius 1 is 1.21 bits per heavy atom. The van der Waals surface area contributed by atoms with E-state index in [1.165, 1.54) is 4.68 Å². The summed E-state index contributed by atoms with van der Waals surface area (Å²) in [6.07, 6.45) is 4.80. The predicted octanol–water partition coefficient (Wildman–Crippen LogP) is 2.31. The molecular weight excluding hydrogens is 370 g/mol. The molecule has 8 heteroatoms. The highest BCUT2D eigenvalue weighted by Gasteiger charge is 2.27. The van der Waals surface area contributed by atoms with Crippen molar-refractivity contribution in [3.05, 3.63) is 58.0 Å². The average molecular weight is 395 g/mol. The van der Waals surface area contributed by atoms with Crippen LogP contribution < -0.4 is 10.5 Å². The lowest BCUT2D eigenvalue weighted by molar-refractivity contribution is 0.0351. The molecule has 0 aliphatic carbocycles. The van der Waals surface area contributed by atoms with Gasteiger partial charge in [0.25, 0.3) is 5.56 Å². The van der Waals surface area contributed by atoms with Gasteiger partial charge in [-0.3, -0.25) is 9.78 Å². The molecule has 3 aromatic rings. The molecule has 3 aromatic heterocycles. The maximum absolute atomic E-state index is 12.7. The van der Waals surface area contributed by atoms with Crippen molar-refractivity contribution in [3.8, 4) is 11.3 Å². The van der Waals surface area contributed by atoms with E-state index in [-0.39, 0.29) is 12.1 Å². The Labute approximate surface area is 168 Å². The second-order valence-corrected chi connectivity index (χ2v) is 7.95. The Bertz CT molecular complexity index is 1060. The third-order valence-electron chi connectivity index (χ3n) is 5.54. The molecule has 0 saturated carbocycles. The lowest BCUT2D eigenvalue weighted by Gasteiger charge is -2.36. The minimum absolute atomic E-state index is 0.187. The van der Waals surface area contributed by atoms with Gasteiger partial charge in [-0.05, 0) is 45.7 Å². The molecule has 1 aliphatic heterocycles. The largest absolute Gasteiger partial charge is 0.390 e. The molecule has 1 N–H and O–H groups in total. The van der Waals surface area contributed by atoms with Gasteiger partial charge in [-0.15, -0.1) is 0 Å². The molecule has 0 radical (unpaired) electrons. The number of nitrogens with zero attached hydrogens (tertiary/aromatic N) is 5. The summed E-state index contributed by atoms with van der Waals surface area (Å²) in [5, 5.41) is 18.6. The number of hydrogen-bond donors (Lipinski definition) is 1. The number of rotatable bonds is 4. The van der Waals surface area contributed by atoms with E-state index < -0.39 is 5.60 Å². The third kappa shape index (κ3) is 4.07. The van der Waals surface area contributed by atoms with Crippen molar-refractivity contribution < 1.29 is 9.63 Å². The zero-order valence-electron chi connectivity index (χ0n) is 16.9. The van der Waals surface area contributed by atoms with Gasteiger partial charge in [0.15, 0.2) is 0 Å². The van der Waals surface area contributed by atoms with Crippen molar-refractivity contribution in [2.75, 3.05) is 18.0 Å². The zero-order chi connectivity index (χ0) is 20.6. The van der Waals surface area contributed by atoms with Crippen LogP contribution in [0.1, 0.15) is 36.8 Å². The summed E-state index contributed by atoms with van der Waals surface area (Å²) in [6, 6.07) is 5.45. The van der Waals surface area contributed by atoms with Crippen LogP contribution >= 0.6 is 0 Å². The maximum atomic E-state index is 12.7. The van der Waals surface area contributed by atoms with E-state index in [1.54, 1.807) is 18.5 Å². The van der Waals surface area contributed by atoms with E-state index in [9.17, 15) is 9.90 Å². The standard InChI is InChI=1S/C21H25N5O3/c1-14-4-5-16(11-22-14)20-18(15(2)29-24-20)13-26-19(27)10-17(12-23-26)25-8-6-21(3,28)7-9-25/h4-5,10-12,28H,6-9,13H2,1-3H3. The Kier molecular flexibility index (Phi) is 4.96. The van der Waals surface area contributed by atoms with Crippen LogP contribution in [0.5, 0.6) is 0 Å². The molecule has 29 heavy (non-hydrogen) atoms. The Balaban J connectivity index is 1.57. The topological polar surface area (TPSA) is 97.3 Å². The molecule has 0 bridgehead atoms. The first-order chi connectivity index (χ1) is 13.8. The number of aliphatic hydroxyl groups is 1. The summed E-state index contributed by atoms with van der Waals surface area (Å²) in [5.74, 6) is 0.650. The van der Waals surface area contributed by atoms with Gasteiger partial charge in [-0.25, -0.2) is 4.68 Å². The summed E-state index contributed by atoms with van der Waals surface area (Å²) in [6.45, 7) is 7.27. The number of pyridine rings is 1. The molecule has 1 saturated heterocycles. The Hall–Kier alpha value is -3.00. The van der Waals surface area contributed by atoms with Gasteiger partial charge in [0.05, 0.1) is 24.0 Å². The molecule has 4 rings (SSSR count). The number of aromatic nitrogens is 4. The van der Waals surface area contributed by atoms with Gasteiger partial charge in [-0.1, -0.05) is 5.16 Å². The molecule has 0 atom stereocenters. The summed E-state index contributed by atoms with van der Waals surface area (Å²) >= 11 is 0. The van der Waals surface area contributed by atoms with Crippen LogP contribution in [0.2, 0.25) is 0 Å². The van der Waals surface area contributed by atoms with Gasteiger partial charge < -0.3 is 14.5 Å². The van der Waals surface area contributed by atoms with Crippen LogP contribution in [0.15, 0.2) is 39.9 Å². The van der Waals surface area contributed by atoms with Crippen molar-refractivity contribution in [3.63, 3.8) is 0 Å². The van der Waals surface area contributed by atoms with Crippen LogP contribution in [0.3, 0.4) is 0 Å². The van der Waals surface area contributed by atoms with Crippen LogP contribution in [-0.2, 0) is 6.54 Å². The van der Waals surface area contributed by atoms with Gasteiger partial charge in [0.2, 0.25) is 0 Å². The lowest BCUT2D eigenvalue weighted by Crippen LogP contribution is -2.43. The van der Waals surface area contributed by atoms with E-state index in [0.717, 1.165) is 22.5 Å². The van der Waals surface area contributed by atoms with E-state index in [2.05, 4.69) is 20.1 Å². The fourth-order valence-electron chi connectivity index (χ4n) is 3.52. The highest BCUT2D eigenvalue weighted by Crippen LogP contribution is 2.26. The fraction of sp³-hybridized carbons (Fsp3) is 0.429. The predicted molar refractivity (Wildman–Crippen MR) is 109 cm³/mol. The Morgan fingerprint density at radius 2 is 1.97 bits per heavy atom. The van der Waals surface area contributed by atoms with Crippen LogP contribution in [0.4, 0.5) is 5.69 Å². The number of aryl methyl sites for hydroxylation is 2. The van der Waals surface area contributed by atoms with Crippen molar-refractivity contribution in [2.24, 2.45) is 0 Å². The fourth-order valence-corrected chi connectivity index (χ4v) is 3.52. The molecule has 0 amide bonds. The van der Waals surface area contributed by atoms with Crippen LogP contribution in [-0.4, -0.2) is 43.7 Å². The third-order valence-corrected chi connectivity index (χ3v) is 5.54. The highest BCUT2D eigenvalue weighted by molar-refractivity contribution is 5.62. The van der Waals surface area contributed by atoms with Crippen molar-refractivity contribution in [1.29, 1.82) is 0 Å². The summed E-state index contributed by atoms with van der Waals surface area (Å²) < 4.78 is 6.79. The number of piperidine rings is 1. The Morgan fingerprint density at radius 3 is 2.62 bits per heavy atom. The minimum atomic E-state index is -0.633. The van der Waals surface area contributed by atoms with Gasteiger partial charge in [0.1, 0.15) is 11.5 Å². The van der Waals surface area contributed by atoms with E-state index in [4.69, 9.17) is 4.52 Å². The maximum Gasteiger partial charge on any atom is 0.269 e. The first-order valence-corrected chi connectivity index (χ1v) is 9.75. The van der Waals surface area contributed by atoms with Gasteiger partial charge in [0, 0.05) is 42.2 Å². The lowest BCUT2D eigenvalue weighted by atomic mass is 9.94. The van der Waals surface area contributed by atoms with Crippen LogP contribution in [0, 0.1) is 13.8 Å². The minimum Gasteiger partial charge on any atom is -0.390 e. The van der Waals surface area contributed by atoms with E-state index in [1.807, 2.05) is 32.9 Å². The second kappa shape index (κ2) is 7.44. The summed E-state index contributed by atoms with van der Waals surface area (Å²) in [5.41, 5.74) is 3.21. The second-order valence-electron chi connectivity index (χ2n) is 7.95. The highest BCUT2D eigenvalue weighted by atomic mass is 16.5. The summed E-state index contributed by atoms with van der Waals surface area (Å²) in [4.78, 5) is 19.1. The number of hydrogen-bond acceptors (Lipinski definition) is 7. The molecule has 0 aromatic carbocycles. The molecule has 152 valence electrons. The molecule has 1 aliphatic rings. The van der Waals surface area contributed by atoms with Gasteiger partial charge >= 0.3 is 0 Å². The van der Waals surface area contributed by atoms with Crippen molar-refractivity contribution in [1.82, 2.24) is 19.9 Å². The molecular formula is C21H25N5O3. The smallest absolute Gasteiger partial charge is 0.269 e. The van der Waals surface area contributed by atoms with Crippen molar-refractivity contribution >= 4 is 5.69 Å². The first kappa shape index (κ1) is 19.3. The van der Waals surface area contributed by atoms with Crippen molar-refractivity contribution in [2.45, 2.75) is 45.8 Å². The van der Waals surface area contributed by atoms with E-state index in [0.29, 0.717) is 37.4 Å². The summed E-state index contributed by atoms with van der Waals surface area (Å²) in [7, 11) is 0. The van der Waals surface area contributed by atoms with Crippen LogP contribution in [0.25, 0.3) is 11.3 Å². The zero-order valence-corrected chi connectivity index (χ0v) is 16.9. The van der Waals surface area contributed by atoms with Gasteiger partial charge in [-0.2, -0.15) is 5.10 Å². The first-order valence-electron chi connectivity index (χ1n) is 9.75. The molecule has 0 spiro atoms. The SMILES string of the molecule is Cc1ccc(-c2noc(C)c2Cn2ncc(N3CCC(C)(O)CC3)cc2=O)cn1.